The Morgan fingerprint density at radius 1 is 0.594 bits per heavy atom. The first-order chi connectivity index (χ1) is 44.7. The number of ketones is 2. The van der Waals surface area contributed by atoms with Gasteiger partial charge < -0.3 is 61.8 Å². The van der Waals surface area contributed by atoms with Crippen LogP contribution in [0, 0.1) is 57.2 Å². The molecule has 24 heteroatoms. The molecule has 1 aromatic rings. The summed E-state index contributed by atoms with van der Waals surface area (Å²) in [7, 11) is 0. The maximum atomic E-state index is 14.4. The first-order valence-corrected chi connectivity index (χ1v) is 34.3. The molecule has 5 fully saturated rings. The third-order valence-corrected chi connectivity index (χ3v) is 19.5. The Morgan fingerprint density at radius 2 is 1.03 bits per heavy atom. The maximum Gasteiger partial charge on any atom is 0.329 e. The first-order valence-electron chi connectivity index (χ1n) is 34.3. The Kier molecular flexibility index (Phi) is 27.2. The van der Waals surface area contributed by atoms with Gasteiger partial charge in [-0.25, -0.2) is 19.2 Å². The number of piperidine rings is 2. The fourth-order valence-corrected chi connectivity index (χ4v) is 13.8. The van der Waals surface area contributed by atoms with Crippen LogP contribution in [0.15, 0.2) is 55.6 Å². The first kappa shape index (κ1) is 79.0. The molecule has 3 aliphatic carbocycles. The van der Waals surface area contributed by atoms with Crippen LogP contribution in [0.3, 0.4) is 0 Å². The number of hydrogen-bond donors (Lipinski definition) is 8. The molecule has 96 heavy (non-hydrogen) atoms. The molecule has 8 N–H and O–H groups in total. The highest BCUT2D eigenvalue weighted by Crippen LogP contribution is 2.66. The second-order valence-corrected chi connectivity index (χ2v) is 31.3. The topological polar surface area (TPSA) is 326 Å². The van der Waals surface area contributed by atoms with Crippen molar-refractivity contribution < 1.29 is 67.0 Å². The second kappa shape index (κ2) is 33.1. The van der Waals surface area contributed by atoms with Crippen LogP contribution in [0.5, 0.6) is 0 Å². The monoisotopic (exact) mass is 1340 g/mol. The van der Waals surface area contributed by atoms with Gasteiger partial charge in [0.2, 0.25) is 35.2 Å². The fraction of sp³-hybridized carbons (Fsp3) is 0.694. The number of hydrogen-bond acceptors (Lipinski definition) is 14. The number of likely N-dealkylation sites (tertiary alicyclic amines) is 2. The summed E-state index contributed by atoms with van der Waals surface area (Å²) in [6.07, 6.45) is 8.81. The van der Waals surface area contributed by atoms with E-state index in [-0.39, 0.29) is 78.9 Å². The molecule has 3 saturated carbocycles. The molecule has 6 rings (SSSR count). The van der Waals surface area contributed by atoms with Crippen LogP contribution in [0.4, 0.5) is 9.59 Å². The minimum atomic E-state index is -1.05. The van der Waals surface area contributed by atoms with Crippen molar-refractivity contribution in [3.05, 3.63) is 61.2 Å². The molecule has 0 radical (unpaired) electrons. The predicted octanol–water partition coefficient (Wildman–Crippen LogP) is 6.74. The number of nitrogens with one attached hydrogen (secondary N) is 8. The van der Waals surface area contributed by atoms with Crippen LogP contribution in [-0.4, -0.2) is 161 Å². The molecule has 1 aromatic carbocycles. The molecular formula is C72H112N10O14. The quantitative estimate of drug-likeness (QED) is 0.0234. The Bertz CT molecular complexity index is 3010. The van der Waals surface area contributed by atoms with Crippen LogP contribution in [0.1, 0.15) is 181 Å². The molecule has 2 unspecified atom stereocenters. The van der Waals surface area contributed by atoms with Gasteiger partial charge >= 0.3 is 24.0 Å². The van der Waals surface area contributed by atoms with Crippen molar-refractivity contribution >= 4 is 71.0 Å². The number of ether oxygens (including phenoxy) is 2. The lowest BCUT2D eigenvalue weighted by atomic mass is 9.85. The lowest BCUT2D eigenvalue weighted by Gasteiger charge is -2.38. The van der Waals surface area contributed by atoms with E-state index in [4.69, 9.17) is 9.47 Å². The zero-order chi connectivity index (χ0) is 72.2. The third kappa shape index (κ3) is 20.2. The molecule has 0 spiro atoms. The van der Waals surface area contributed by atoms with Crippen LogP contribution in [0.25, 0.3) is 0 Å². The average Bonchev–Trinajstić information content (AvgIpc) is 1.53. The summed E-state index contributed by atoms with van der Waals surface area (Å²) < 4.78 is 11.1. The molecule has 534 valence electrons. The number of Topliss-reactive ketones (excluding diaryl/α,β-unsaturated/α-hetero) is 2. The van der Waals surface area contributed by atoms with E-state index in [9.17, 15) is 57.5 Å². The second-order valence-electron chi connectivity index (χ2n) is 31.3. The minimum Gasteiger partial charge on any atom is -0.459 e. The van der Waals surface area contributed by atoms with E-state index in [1.54, 1.807) is 55.4 Å². The predicted molar refractivity (Wildman–Crippen MR) is 364 cm³/mol. The number of carbonyl (C=O) groups is 12. The van der Waals surface area contributed by atoms with Gasteiger partial charge in [-0.2, -0.15) is 0 Å². The Morgan fingerprint density at radius 3 is 1.43 bits per heavy atom. The van der Waals surface area contributed by atoms with E-state index >= 15 is 0 Å². The van der Waals surface area contributed by atoms with Gasteiger partial charge in [-0.3, -0.25) is 38.4 Å². The van der Waals surface area contributed by atoms with E-state index in [0.29, 0.717) is 25.9 Å². The molecule has 5 aliphatic rings. The van der Waals surface area contributed by atoms with E-state index in [1.807, 2.05) is 78.8 Å². The van der Waals surface area contributed by atoms with Crippen molar-refractivity contribution in [1.82, 2.24) is 52.3 Å². The molecule has 0 bridgehead atoms. The van der Waals surface area contributed by atoms with E-state index < -0.39 is 136 Å². The SMILES string of the molecule is C=CCNC(=O)C(=O)C(CCC)NC(=O)[C@@H]1[C@@H]2[C@H](CN1C(=O)[C@@H](NC(=O)N[C@H](C(=O)OCc1ccccc1)C1CCCC1)C(C)(C)C)C2(C)C.C=CCNC(=O)C(=O)C(CCCC)NC(=O)[C@@H]1[C@@H]2[C@H](CN1C(=O)[C@@H](NC(=O)N[C@H](C(=O)OC(C)(C)C)C(C)C)C(C)(C)C)C2(C)C. The number of amides is 10. The highest BCUT2D eigenvalue weighted by molar-refractivity contribution is 6.39. The number of urea groups is 2. The van der Waals surface area contributed by atoms with Gasteiger partial charge in [0.15, 0.2) is 0 Å². The third-order valence-electron chi connectivity index (χ3n) is 19.5. The van der Waals surface area contributed by atoms with Gasteiger partial charge in [0.05, 0.1) is 12.1 Å². The van der Waals surface area contributed by atoms with Crippen LogP contribution >= 0.6 is 0 Å². The number of esters is 2. The normalized spacial score (nSPS) is 22.4. The van der Waals surface area contributed by atoms with Crippen molar-refractivity contribution in [2.45, 2.75) is 236 Å². The Balaban J connectivity index is 0.000000349. The average molecular weight is 1340 g/mol. The summed E-state index contributed by atoms with van der Waals surface area (Å²) in [6.45, 7) is 39.7. The summed E-state index contributed by atoms with van der Waals surface area (Å²) in [5.41, 5.74) is -1.86. The standard InChI is InChI=1S/C38H55N5O7.C34H57N5O7/c1-8-15-26(30(44)33(46)39-20-9-2)40-32(45)29-27-25(38(27,6)7)21-43(29)34(47)31(37(3,4)5)42-36(49)41-28(24-18-13-14-19-24)35(48)50-22-23-16-11-10-12-17-23;1-13-15-16-21(25(40)28(42)35-17-14-2)36-27(41)24-22-20(34(22,11)12)18-39(24)29(43)26(32(5,6)7)38-31(45)37-23(19(3)4)30(44)46-33(8,9)10/h9-12,16-17,24-29,31H,2,8,13-15,18-22H2,1,3-7H3,(H,39,46)(H,40,45)(H2,41,42,49);14,19-24,26H,2,13,15-18H2,1,3-12H3,(H,35,42)(H,36,41)(H2,37,38,45)/t25-,26?,27-,28-,29-,31+;20-,21?,22-,23-,24-,26+/m00/s1. The lowest BCUT2D eigenvalue weighted by Crippen LogP contribution is -2.62. The van der Waals surface area contributed by atoms with E-state index in [0.717, 1.165) is 37.7 Å². The van der Waals surface area contributed by atoms with E-state index in [1.165, 1.54) is 22.0 Å². The molecule has 0 aromatic heterocycles. The molecule has 10 amide bonds. The highest BCUT2D eigenvalue weighted by Gasteiger charge is 2.71. The van der Waals surface area contributed by atoms with Crippen molar-refractivity contribution in [3.63, 3.8) is 0 Å². The summed E-state index contributed by atoms with van der Waals surface area (Å²) in [4.78, 5) is 164. The Hall–Kier alpha value is -7.66. The van der Waals surface area contributed by atoms with Crippen LogP contribution < -0.4 is 42.5 Å². The fourth-order valence-electron chi connectivity index (χ4n) is 13.8. The molecular weight excluding hydrogens is 1230 g/mol. The number of benzene rings is 1. The van der Waals surface area contributed by atoms with Crippen molar-refractivity contribution in [1.29, 1.82) is 0 Å². The van der Waals surface area contributed by atoms with Gasteiger partial charge in [0.25, 0.3) is 11.8 Å². The molecule has 2 heterocycles. The number of rotatable bonds is 29. The summed E-state index contributed by atoms with van der Waals surface area (Å²) in [6, 6.07) is 0.150. The van der Waals surface area contributed by atoms with Gasteiger partial charge in [-0.05, 0) is 109 Å². The van der Waals surface area contributed by atoms with Crippen molar-refractivity contribution in [2.75, 3.05) is 26.2 Å². The highest BCUT2D eigenvalue weighted by atomic mass is 16.6. The Labute approximate surface area is 568 Å². The maximum absolute atomic E-state index is 14.4. The van der Waals surface area contributed by atoms with E-state index in [2.05, 4.69) is 69.5 Å². The zero-order valence-corrected chi connectivity index (χ0v) is 60.0. The van der Waals surface area contributed by atoms with Crippen LogP contribution in [0.2, 0.25) is 0 Å². The van der Waals surface area contributed by atoms with Crippen LogP contribution in [-0.2, 0) is 64.0 Å². The lowest BCUT2D eigenvalue weighted by molar-refractivity contribution is -0.158. The molecule has 2 saturated heterocycles. The van der Waals surface area contributed by atoms with Crippen molar-refractivity contribution in [2.24, 2.45) is 57.2 Å². The smallest absolute Gasteiger partial charge is 0.329 e. The number of unbranched alkanes of at least 4 members (excludes halogenated alkanes) is 1. The summed E-state index contributed by atoms with van der Waals surface area (Å²) in [5, 5.41) is 21.7. The number of nitrogens with zero attached hydrogens (tertiary/aromatic N) is 2. The van der Waals surface area contributed by atoms with Gasteiger partial charge in [0.1, 0.15) is 48.5 Å². The van der Waals surface area contributed by atoms with Gasteiger partial charge in [0, 0.05) is 26.2 Å². The zero-order valence-electron chi connectivity index (χ0n) is 60.0. The summed E-state index contributed by atoms with van der Waals surface area (Å²) >= 11 is 0. The number of fused-ring (bicyclic) bond motifs is 2. The molecule has 2 aliphatic heterocycles. The molecule has 24 nitrogen and oxygen atoms in total. The van der Waals surface area contributed by atoms with Gasteiger partial charge in [-0.15, -0.1) is 13.2 Å². The number of carbonyl (C=O) groups excluding carboxylic acids is 12. The van der Waals surface area contributed by atoms with Gasteiger partial charge in [-0.1, -0.05) is 172 Å². The molecule has 12 atom stereocenters. The largest absolute Gasteiger partial charge is 0.459 e. The summed E-state index contributed by atoms with van der Waals surface area (Å²) in [5.74, 6) is -6.67. The van der Waals surface area contributed by atoms with Crippen molar-refractivity contribution in [3.8, 4) is 0 Å². The minimum absolute atomic E-state index is 0.0546.